The second-order valence-corrected chi connectivity index (χ2v) is 3.72. The van der Waals surface area contributed by atoms with Gasteiger partial charge in [-0.1, -0.05) is 0 Å². The summed E-state index contributed by atoms with van der Waals surface area (Å²) in [5.74, 6) is -9.25. The van der Waals surface area contributed by atoms with Crippen LogP contribution < -0.4 is 4.74 Å². The SMILES string of the molecule is CC(C)Oc1c(F)c(F)c([N+](=O)[O-])c(C(=O)O)c1F. The fourth-order valence-electron chi connectivity index (χ4n) is 1.33. The van der Waals surface area contributed by atoms with E-state index in [1.54, 1.807) is 0 Å². The molecule has 0 aliphatic carbocycles. The Morgan fingerprint density at radius 3 is 2.16 bits per heavy atom. The van der Waals surface area contributed by atoms with E-state index in [2.05, 4.69) is 4.74 Å². The van der Waals surface area contributed by atoms with Crippen LogP contribution in [0.15, 0.2) is 0 Å². The molecule has 104 valence electrons. The van der Waals surface area contributed by atoms with Gasteiger partial charge in [0.05, 0.1) is 11.0 Å². The first-order chi connectivity index (χ1) is 8.68. The Labute approximate surface area is 104 Å². The summed E-state index contributed by atoms with van der Waals surface area (Å²) in [5.41, 5.74) is -3.36. The van der Waals surface area contributed by atoms with Gasteiger partial charge < -0.3 is 9.84 Å². The van der Waals surface area contributed by atoms with Gasteiger partial charge in [-0.2, -0.15) is 8.78 Å². The minimum atomic E-state index is -2.10. The standard InChI is InChI=1S/C10H8F3NO5/c1-3(2)19-9-5(11)4(10(15)16)8(14(17)18)6(12)7(9)13/h3H,1-2H3,(H,15,16). The van der Waals surface area contributed by atoms with Crippen molar-refractivity contribution in [2.75, 3.05) is 0 Å². The van der Waals surface area contributed by atoms with Gasteiger partial charge in [-0.25, -0.2) is 9.18 Å². The average Bonchev–Trinajstić information content (AvgIpc) is 2.27. The summed E-state index contributed by atoms with van der Waals surface area (Å²) in [4.78, 5) is 19.8. The molecule has 0 fully saturated rings. The topological polar surface area (TPSA) is 89.7 Å². The predicted octanol–water partition coefficient (Wildman–Crippen LogP) is 2.50. The quantitative estimate of drug-likeness (QED) is 0.519. The van der Waals surface area contributed by atoms with Gasteiger partial charge in [-0.15, -0.1) is 0 Å². The van der Waals surface area contributed by atoms with E-state index in [4.69, 9.17) is 5.11 Å². The van der Waals surface area contributed by atoms with Gasteiger partial charge in [-0.05, 0) is 13.8 Å². The van der Waals surface area contributed by atoms with Gasteiger partial charge >= 0.3 is 11.7 Å². The predicted molar refractivity (Wildman–Crippen MR) is 55.7 cm³/mol. The zero-order valence-corrected chi connectivity index (χ0v) is 9.74. The van der Waals surface area contributed by atoms with Crippen LogP contribution in [0.5, 0.6) is 5.75 Å². The highest BCUT2D eigenvalue weighted by atomic mass is 19.2. The van der Waals surface area contributed by atoms with Crippen LogP contribution in [0.1, 0.15) is 24.2 Å². The number of hydrogen-bond acceptors (Lipinski definition) is 4. The van der Waals surface area contributed by atoms with Crippen molar-refractivity contribution in [1.82, 2.24) is 0 Å². The minimum absolute atomic E-state index is 0.786. The fourth-order valence-corrected chi connectivity index (χ4v) is 1.33. The maximum Gasteiger partial charge on any atom is 0.346 e. The van der Waals surface area contributed by atoms with Crippen molar-refractivity contribution in [2.45, 2.75) is 20.0 Å². The highest BCUT2D eigenvalue weighted by Crippen LogP contribution is 2.35. The van der Waals surface area contributed by atoms with Crippen molar-refractivity contribution in [3.05, 3.63) is 33.1 Å². The van der Waals surface area contributed by atoms with Crippen LogP contribution >= 0.6 is 0 Å². The molecule has 0 heterocycles. The molecular formula is C10H8F3NO5. The second-order valence-electron chi connectivity index (χ2n) is 3.72. The lowest BCUT2D eigenvalue weighted by molar-refractivity contribution is -0.388. The lowest BCUT2D eigenvalue weighted by Crippen LogP contribution is -2.15. The van der Waals surface area contributed by atoms with Crippen LogP contribution in [0, 0.1) is 27.6 Å². The Bertz CT molecular complexity index is 559. The summed E-state index contributed by atoms with van der Waals surface area (Å²) in [7, 11) is 0. The normalized spacial score (nSPS) is 10.6. The molecule has 0 radical (unpaired) electrons. The molecule has 0 atom stereocenters. The Morgan fingerprint density at radius 2 is 1.79 bits per heavy atom. The molecule has 6 nitrogen and oxygen atoms in total. The number of rotatable bonds is 4. The third-order valence-electron chi connectivity index (χ3n) is 2.01. The Hall–Kier alpha value is -2.32. The first-order valence-electron chi connectivity index (χ1n) is 4.93. The number of ether oxygens (including phenoxy) is 1. The monoisotopic (exact) mass is 279 g/mol. The van der Waals surface area contributed by atoms with Gasteiger partial charge in [0.1, 0.15) is 0 Å². The van der Waals surface area contributed by atoms with Crippen molar-refractivity contribution in [3.63, 3.8) is 0 Å². The van der Waals surface area contributed by atoms with Crippen LogP contribution in [-0.2, 0) is 0 Å². The molecule has 1 aromatic rings. The van der Waals surface area contributed by atoms with E-state index in [0.717, 1.165) is 0 Å². The van der Waals surface area contributed by atoms with E-state index in [1.807, 2.05) is 0 Å². The number of carbonyl (C=O) groups is 1. The number of nitro benzene ring substituents is 1. The molecule has 0 unspecified atom stereocenters. The Kier molecular flexibility index (Phi) is 3.98. The summed E-state index contributed by atoms with van der Waals surface area (Å²) in [6.45, 7) is 2.72. The number of aromatic carboxylic acids is 1. The van der Waals surface area contributed by atoms with E-state index in [9.17, 15) is 28.1 Å². The molecule has 0 aromatic heterocycles. The van der Waals surface area contributed by atoms with E-state index in [0.29, 0.717) is 0 Å². The number of hydrogen-bond donors (Lipinski definition) is 1. The van der Waals surface area contributed by atoms with Crippen LogP contribution in [0.2, 0.25) is 0 Å². The molecular weight excluding hydrogens is 271 g/mol. The summed E-state index contributed by atoms with van der Waals surface area (Å²) >= 11 is 0. The van der Waals surface area contributed by atoms with E-state index in [-0.39, 0.29) is 0 Å². The molecule has 0 aliphatic rings. The minimum Gasteiger partial charge on any atom is -0.485 e. The lowest BCUT2D eigenvalue weighted by atomic mass is 10.1. The molecule has 1 N–H and O–H groups in total. The van der Waals surface area contributed by atoms with Crippen LogP contribution in [0.4, 0.5) is 18.9 Å². The van der Waals surface area contributed by atoms with Crippen molar-refractivity contribution in [2.24, 2.45) is 0 Å². The van der Waals surface area contributed by atoms with Crippen molar-refractivity contribution in [3.8, 4) is 5.75 Å². The van der Waals surface area contributed by atoms with E-state index in [1.165, 1.54) is 13.8 Å². The van der Waals surface area contributed by atoms with Gasteiger partial charge in [-0.3, -0.25) is 10.1 Å². The number of nitrogens with zero attached hydrogens (tertiary/aromatic N) is 1. The third-order valence-corrected chi connectivity index (χ3v) is 2.01. The number of nitro groups is 1. The van der Waals surface area contributed by atoms with E-state index >= 15 is 0 Å². The molecule has 0 saturated carbocycles. The molecule has 19 heavy (non-hydrogen) atoms. The van der Waals surface area contributed by atoms with Crippen LogP contribution in [0.25, 0.3) is 0 Å². The smallest absolute Gasteiger partial charge is 0.346 e. The zero-order chi connectivity index (χ0) is 14.9. The van der Waals surface area contributed by atoms with Crippen LogP contribution in [-0.4, -0.2) is 22.1 Å². The van der Waals surface area contributed by atoms with Gasteiger partial charge in [0.2, 0.25) is 11.6 Å². The van der Waals surface area contributed by atoms with Crippen LogP contribution in [0.3, 0.4) is 0 Å². The molecule has 1 rings (SSSR count). The lowest BCUT2D eigenvalue weighted by Gasteiger charge is -2.13. The molecule has 0 amide bonds. The van der Waals surface area contributed by atoms with Gasteiger partial charge in [0.15, 0.2) is 17.1 Å². The molecule has 1 aromatic carbocycles. The maximum atomic E-state index is 13.7. The molecule has 0 saturated heterocycles. The average molecular weight is 279 g/mol. The first-order valence-corrected chi connectivity index (χ1v) is 4.93. The fraction of sp³-hybridized carbons (Fsp3) is 0.300. The van der Waals surface area contributed by atoms with Crippen molar-refractivity contribution >= 4 is 11.7 Å². The van der Waals surface area contributed by atoms with Crippen molar-refractivity contribution in [1.29, 1.82) is 0 Å². The van der Waals surface area contributed by atoms with E-state index < -0.39 is 51.4 Å². The summed E-state index contributed by atoms with van der Waals surface area (Å²) in [6, 6.07) is 0. The highest BCUT2D eigenvalue weighted by Gasteiger charge is 2.37. The third kappa shape index (κ3) is 2.59. The number of carboxylic acids is 1. The highest BCUT2D eigenvalue weighted by molar-refractivity contribution is 5.93. The number of benzene rings is 1. The maximum absolute atomic E-state index is 13.7. The Balaban J connectivity index is 3.73. The molecule has 0 aliphatic heterocycles. The Morgan fingerprint density at radius 1 is 1.26 bits per heavy atom. The summed E-state index contributed by atoms with van der Waals surface area (Å²) < 4.78 is 45.2. The number of carboxylic acid groups (broad SMARTS) is 1. The zero-order valence-electron chi connectivity index (χ0n) is 9.74. The first kappa shape index (κ1) is 14.7. The molecule has 0 spiro atoms. The number of halogens is 3. The molecule has 9 heteroatoms. The molecule has 0 bridgehead atoms. The van der Waals surface area contributed by atoms with Gasteiger partial charge in [0.25, 0.3) is 0 Å². The van der Waals surface area contributed by atoms with Gasteiger partial charge in [0, 0.05) is 0 Å². The largest absolute Gasteiger partial charge is 0.485 e. The van der Waals surface area contributed by atoms with Crippen molar-refractivity contribution < 1.29 is 32.7 Å². The summed E-state index contributed by atoms with van der Waals surface area (Å²) in [5, 5.41) is 19.2. The summed E-state index contributed by atoms with van der Waals surface area (Å²) in [6.07, 6.45) is -0.786. The second kappa shape index (κ2) is 5.12.